The highest BCUT2D eigenvalue weighted by atomic mass is 16.5. The number of hydrogen-bond donors (Lipinski definition) is 1. The van der Waals surface area contributed by atoms with E-state index in [1.54, 1.807) is 18.3 Å². The maximum absolute atomic E-state index is 12.3. The Kier molecular flexibility index (Phi) is 4.79. The number of pyridine rings is 1. The first-order valence-electron chi connectivity index (χ1n) is 8.25. The molecule has 1 atom stereocenters. The van der Waals surface area contributed by atoms with Crippen molar-refractivity contribution in [3.8, 4) is 5.88 Å². The van der Waals surface area contributed by atoms with Gasteiger partial charge in [0.25, 0.3) is 5.91 Å². The molecule has 6 heteroatoms. The van der Waals surface area contributed by atoms with Crippen molar-refractivity contribution in [3.05, 3.63) is 23.9 Å². The van der Waals surface area contributed by atoms with Crippen LogP contribution in [0, 0.1) is 5.92 Å². The fourth-order valence-electron chi connectivity index (χ4n) is 3.57. The van der Waals surface area contributed by atoms with Crippen LogP contribution < -0.4 is 10.1 Å². The molecule has 1 aliphatic heterocycles. The number of carbonyl (C=O) groups excluding carboxylic acids is 2. The largest absolute Gasteiger partial charge is 0.480 e. The second-order valence-corrected chi connectivity index (χ2v) is 6.32. The number of rotatable bonds is 5. The average molecular weight is 317 g/mol. The first kappa shape index (κ1) is 15.8. The van der Waals surface area contributed by atoms with E-state index in [9.17, 15) is 9.59 Å². The van der Waals surface area contributed by atoms with Crippen LogP contribution in [0.2, 0.25) is 0 Å². The Morgan fingerprint density at radius 2 is 2.22 bits per heavy atom. The number of methoxy groups -OCH3 is 1. The van der Waals surface area contributed by atoms with Gasteiger partial charge in [-0.25, -0.2) is 4.98 Å². The number of nitrogens with zero attached hydrogens (tertiary/aromatic N) is 2. The van der Waals surface area contributed by atoms with Crippen molar-refractivity contribution < 1.29 is 14.3 Å². The molecule has 2 aliphatic rings. The van der Waals surface area contributed by atoms with Crippen molar-refractivity contribution in [3.63, 3.8) is 0 Å². The molecule has 1 aliphatic carbocycles. The van der Waals surface area contributed by atoms with Crippen LogP contribution in [0.4, 0.5) is 0 Å². The van der Waals surface area contributed by atoms with Crippen LogP contribution in [-0.2, 0) is 4.79 Å². The Bertz CT molecular complexity index is 584. The summed E-state index contributed by atoms with van der Waals surface area (Å²) in [5.41, 5.74) is 0.423. The molecule has 2 heterocycles. The molecular weight excluding hydrogens is 294 g/mol. The maximum Gasteiger partial charge on any atom is 0.256 e. The van der Waals surface area contributed by atoms with Crippen molar-refractivity contribution in [1.29, 1.82) is 0 Å². The minimum Gasteiger partial charge on any atom is -0.480 e. The van der Waals surface area contributed by atoms with Gasteiger partial charge in [0.15, 0.2) is 0 Å². The van der Waals surface area contributed by atoms with Crippen LogP contribution in [0.15, 0.2) is 18.3 Å². The maximum atomic E-state index is 12.3. The highest BCUT2D eigenvalue weighted by Crippen LogP contribution is 2.29. The van der Waals surface area contributed by atoms with Crippen LogP contribution >= 0.6 is 0 Å². The van der Waals surface area contributed by atoms with Gasteiger partial charge in [-0.2, -0.15) is 0 Å². The number of likely N-dealkylation sites (tertiary alicyclic amines) is 1. The van der Waals surface area contributed by atoms with Crippen molar-refractivity contribution in [2.75, 3.05) is 20.2 Å². The first-order chi connectivity index (χ1) is 11.2. The fraction of sp³-hybridized carbons (Fsp3) is 0.588. The molecule has 3 rings (SSSR count). The van der Waals surface area contributed by atoms with Crippen molar-refractivity contribution in [2.45, 2.75) is 38.1 Å². The van der Waals surface area contributed by atoms with Crippen molar-refractivity contribution in [2.24, 2.45) is 5.92 Å². The lowest BCUT2D eigenvalue weighted by Gasteiger charge is -2.24. The number of hydrogen-bond acceptors (Lipinski definition) is 4. The van der Waals surface area contributed by atoms with Gasteiger partial charge in [-0.3, -0.25) is 9.59 Å². The molecular formula is C17H23N3O3. The summed E-state index contributed by atoms with van der Waals surface area (Å²) in [5.74, 6) is 0.534. The highest BCUT2D eigenvalue weighted by molar-refractivity contribution is 5.96. The van der Waals surface area contributed by atoms with Crippen LogP contribution in [0.5, 0.6) is 5.88 Å². The number of carbonyl (C=O) groups is 2. The molecule has 6 nitrogen and oxygen atoms in total. The summed E-state index contributed by atoms with van der Waals surface area (Å²) in [5, 5.41) is 2.91. The van der Waals surface area contributed by atoms with E-state index >= 15 is 0 Å². The van der Waals surface area contributed by atoms with Crippen LogP contribution in [0.25, 0.3) is 0 Å². The molecule has 0 unspecified atom stereocenters. The van der Waals surface area contributed by atoms with Crippen molar-refractivity contribution in [1.82, 2.24) is 15.2 Å². The van der Waals surface area contributed by atoms with Gasteiger partial charge in [-0.15, -0.1) is 0 Å². The van der Waals surface area contributed by atoms with E-state index in [0.29, 0.717) is 30.5 Å². The molecule has 0 spiro atoms. The van der Waals surface area contributed by atoms with Gasteiger partial charge in [0, 0.05) is 37.7 Å². The van der Waals surface area contributed by atoms with Gasteiger partial charge in [0.2, 0.25) is 11.8 Å². The van der Waals surface area contributed by atoms with Gasteiger partial charge in [-0.1, -0.05) is 12.8 Å². The summed E-state index contributed by atoms with van der Waals surface area (Å²) < 4.78 is 5.11. The summed E-state index contributed by atoms with van der Waals surface area (Å²) in [6.45, 7) is 1.26. The number of aromatic nitrogens is 1. The molecule has 0 radical (unpaired) electrons. The second kappa shape index (κ2) is 6.98. The van der Waals surface area contributed by atoms with E-state index < -0.39 is 0 Å². The van der Waals surface area contributed by atoms with E-state index in [-0.39, 0.29) is 17.7 Å². The summed E-state index contributed by atoms with van der Waals surface area (Å²) in [4.78, 5) is 30.5. The van der Waals surface area contributed by atoms with E-state index in [0.717, 1.165) is 19.4 Å². The van der Waals surface area contributed by atoms with Crippen LogP contribution in [-0.4, -0.2) is 47.9 Å². The third-order valence-corrected chi connectivity index (χ3v) is 4.76. The van der Waals surface area contributed by atoms with Gasteiger partial charge < -0.3 is 15.0 Å². The molecule has 2 fully saturated rings. The van der Waals surface area contributed by atoms with E-state index in [4.69, 9.17) is 4.74 Å². The Morgan fingerprint density at radius 1 is 1.43 bits per heavy atom. The van der Waals surface area contributed by atoms with Gasteiger partial charge in [-0.05, 0) is 25.0 Å². The first-order valence-corrected chi connectivity index (χ1v) is 8.25. The zero-order valence-electron chi connectivity index (χ0n) is 13.5. The zero-order valence-corrected chi connectivity index (χ0v) is 13.5. The molecule has 2 amide bonds. The number of ether oxygens (including phenoxy) is 1. The Labute approximate surface area is 136 Å². The highest BCUT2D eigenvalue weighted by Gasteiger charge is 2.35. The summed E-state index contributed by atoms with van der Waals surface area (Å²) >= 11 is 0. The SMILES string of the molecule is COc1ncccc1C(=O)NC[C@@H]1CC(=O)N(C2CCCC2)C1. The Balaban J connectivity index is 1.54. The third kappa shape index (κ3) is 3.46. The quantitative estimate of drug-likeness (QED) is 0.895. The molecule has 0 aromatic carbocycles. The standard InChI is InChI=1S/C17H23N3O3/c1-23-17-14(7-4-8-18-17)16(22)19-10-12-9-15(21)20(11-12)13-5-2-3-6-13/h4,7-8,12-13H,2-3,5-6,9-11H2,1H3,(H,19,22)/t12-/m0/s1. The minimum atomic E-state index is -0.207. The topological polar surface area (TPSA) is 71.5 Å². The average Bonchev–Trinajstić information content (AvgIpc) is 3.21. The summed E-state index contributed by atoms with van der Waals surface area (Å²) in [6, 6.07) is 3.81. The second-order valence-electron chi connectivity index (χ2n) is 6.32. The molecule has 1 saturated heterocycles. The van der Waals surface area contributed by atoms with Crippen LogP contribution in [0.3, 0.4) is 0 Å². The van der Waals surface area contributed by atoms with Gasteiger partial charge >= 0.3 is 0 Å². The van der Waals surface area contributed by atoms with Gasteiger partial charge in [0.05, 0.1) is 7.11 Å². The van der Waals surface area contributed by atoms with E-state index in [1.165, 1.54) is 20.0 Å². The minimum absolute atomic E-state index is 0.190. The van der Waals surface area contributed by atoms with E-state index in [2.05, 4.69) is 10.3 Å². The molecule has 124 valence electrons. The molecule has 0 bridgehead atoms. The normalized spacial score (nSPS) is 21.7. The molecule has 23 heavy (non-hydrogen) atoms. The van der Waals surface area contributed by atoms with Crippen LogP contribution in [0.1, 0.15) is 42.5 Å². The number of nitrogens with one attached hydrogen (secondary N) is 1. The molecule has 1 saturated carbocycles. The molecule has 1 N–H and O–H groups in total. The van der Waals surface area contributed by atoms with Crippen molar-refractivity contribution >= 4 is 11.8 Å². The monoisotopic (exact) mass is 317 g/mol. The Hall–Kier alpha value is -2.11. The summed E-state index contributed by atoms with van der Waals surface area (Å²) in [6.07, 6.45) is 6.80. The lowest BCUT2D eigenvalue weighted by atomic mass is 10.1. The molecule has 1 aromatic heterocycles. The zero-order chi connectivity index (χ0) is 16.2. The third-order valence-electron chi connectivity index (χ3n) is 4.76. The number of amides is 2. The van der Waals surface area contributed by atoms with E-state index in [1.807, 2.05) is 4.90 Å². The lowest BCUT2D eigenvalue weighted by molar-refractivity contribution is -0.129. The summed E-state index contributed by atoms with van der Waals surface area (Å²) in [7, 11) is 1.49. The van der Waals surface area contributed by atoms with Gasteiger partial charge in [0.1, 0.15) is 5.56 Å². The predicted octanol–water partition coefficient (Wildman–Crippen LogP) is 1.61. The Morgan fingerprint density at radius 3 is 2.96 bits per heavy atom. The smallest absolute Gasteiger partial charge is 0.256 e. The predicted molar refractivity (Wildman–Crippen MR) is 85.2 cm³/mol. The fourth-order valence-corrected chi connectivity index (χ4v) is 3.57. The molecule has 1 aromatic rings. The lowest BCUT2D eigenvalue weighted by Crippen LogP contribution is -2.36.